The molecule has 0 aromatic heterocycles. The van der Waals surface area contributed by atoms with Crippen molar-refractivity contribution in [3.8, 4) is 0 Å². The van der Waals surface area contributed by atoms with Gasteiger partial charge in [-0.15, -0.1) is 0 Å². The van der Waals surface area contributed by atoms with Crippen LogP contribution in [0, 0.1) is 0 Å². The van der Waals surface area contributed by atoms with Crippen LogP contribution < -0.4 is 11.5 Å². The number of amides is 1. The van der Waals surface area contributed by atoms with Crippen LogP contribution in [0.2, 0.25) is 0 Å². The summed E-state index contributed by atoms with van der Waals surface area (Å²) in [7, 11) is 0. The zero-order valence-electron chi connectivity index (χ0n) is 13.9. The second kappa shape index (κ2) is 6.29. The van der Waals surface area contributed by atoms with Gasteiger partial charge < -0.3 is 16.2 Å². The lowest BCUT2D eigenvalue weighted by molar-refractivity contribution is -0.166. The van der Waals surface area contributed by atoms with Gasteiger partial charge in [-0.3, -0.25) is 9.69 Å². The Labute approximate surface area is 136 Å². The summed E-state index contributed by atoms with van der Waals surface area (Å²) < 4.78 is 5.41. The molecule has 1 heterocycles. The number of ether oxygens (including phenoxy) is 1. The van der Waals surface area contributed by atoms with E-state index in [1.54, 1.807) is 4.90 Å². The van der Waals surface area contributed by atoms with Crippen molar-refractivity contribution in [2.45, 2.75) is 50.9 Å². The number of carbonyl (C=O) groups is 2. The number of rotatable bonds is 4. The first-order valence-corrected chi connectivity index (χ1v) is 7.75. The Kier molecular flexibility index (Phi) is 4.77. The van der Waals surface area contributed by atoms with E-state index in [0.717, 1.165) is 5.56 Å². The molecule has 0 saturated carbocycles. The predicted octanol–water partition coefficient (Wildman–Crippen LogP) is 0.785. The number of carbonyl (C=O) groups excluding carboxylic acids is 2. The Morgan fingerprint density at radius 1 is 1.30 bits per heavy atom. The van der Waals surface area contributed by atoms with Gasteiger partial charge in [-0.2, -0.15) is 0 Å². The lowest BCUT2D eigenvalue weighted by atomic mass is 9.87. The summed E-state index contributed by atoms with van der Waals surface area (Å²) in [6.45, 7) is 6.38. The Balaban J connectivity index is 2.28. The Hall–Kier alpha value is -1.92. The van der Waals surface area contributed by atoms with Crippen LogP contribution in [0.3, 0.4) is 0 Å². The van der Waals surface area contributed by atoms with Crippen molar-refractivity contribution in [1.82, 2.24) is 4.90 Å². The highest BCUT2D eigenvalue weighted by molar-refractivity contribution is 6.08. The van der Waals surface area contributed by atoms with Crippen LogP contribution in [-0.2, 0) is 20.9 Å². The normalized spacial score (nSPS) is 25.3. The molecule has 1 aliphatic rings. The second-order valence-electron chi connectivity index (χ2n) is 6.91. The number of benzene rings is 1. The van der Waals surface area contributed by atoms with Gasteiger partial charge in [-0.05, 0) is 32.8 Å². The van der Waals surface area contributed by atoms with Gasteiger partial charge in [-0.25, -0.2) is 4.79 Å². The number of hydrogen-bond acceptors (Lipinski definition) is 5. The molecule has 23 heavy (non-hydrogen) atoms. The molecule has 1 aromatic carbocycles. The molecule has 1 saturated heterocycles. The van der Waals surface area contributed by atoms with Gasteiger partial charge in [0.15, 0.2) is 0 Å². The fourth-order valence-corrected chi connectivity index (χ4v) is 3.23. The highest BCUT2D eigenvalue weighted by Gasteiger charge is 2.61. The van der Waals surface area contributed by atoms with E-state index in [4.69, 9.17) is 16.2 Å². The standard InChI is InChI=1S/C17H25N3O3/c1-16(2,3)20-10-9-13(18)17(20,14(19)21)15(22)23-11-12-7-5-4-6-8-12/h4-8,13H,9-11,18H2,1-3H3,(H2,19,21)/t13?,17-/m0/s1. The summed E-state index contributed by atoms with van der Waals surface area (Å²) in [6, 6.07) is 8.61. The topological polar surface area (TPSA) is 98.6 Å². The molecular formula is C17H25N3O3. The molecule has 1 fully saturated rings. The summed E-state index contributed by atoms with van der Waals surface area (Å²) >= 11 is 0. The number of nitrogens with two attached hydrogens (primary N) is 2. The summed E-state index contributed by atoms with van der Waals surface area (Å²) in [5, 5.41) is 0. The average Bonchev–Trinajstić information content (AvgIpc) is 2.84. The van der Waals surface area contributed by atoms with Crippen LogP contribution in [0.15, 0.2) is 30.3 Å². The lowest BCUT2D eigenvalue weighted by Crippen LogP contribution is -2.70. The van der Waals surface area contributed by atoms with Gasteiger partial charge in [0.25, 0.3) is 5.91 Å². The molecule has 0 aliphatic carbocycles. The SMILES string of the molecule is CC(C)(C)N1CCC(N)[C@]1(C(N)=O)C(=O)OCc1ccccc1. The maximum Gasteiger partial charge on any atom is 0.338 e. The minimum absolute atomic E-state index is 0.0827. The average molecular weight is 319 g/mol. The smallest absolute Gasteiger partial charge is 0.338 e. The number of nitrogens with zero attached hydrogens (tertiary/aromatic N) is 1. The Morgan fingerprint density at radius 2 is 1.91 bits per heavy atom. The molecule has 6 nitrogen and oxygen atoms in total. The van der Waals surface area contributed by atoms with Crippen LogP contribution in [-0.4, -0.2) is 40.4 Å². The molecule has 2 rings (SSSR count). The van der Waals surface area contributed by atoms with Gasteiger partial charge in [0.2, 0.25) is 5.54 Å². The summed E-state index contributed by atoms with van der Waals surface area (Å²) in [4.78, 5) is 26.8. The maximum atomic E-state index is 12.8. The Bertz CT molecular complexity index is 582. The quantitative estimate of drug-likeness (QED) is 0.631. The van der Waals surface area contributed by atoms with E-state index in [0.29, 0.717) is 13.0 Å². The number of hydrogen-bond donors (Lipinski definition) is 2. The molecule has 2 atom stereocenters. The van der Waals surface area contributed by atoms with Crippen molar-refractivity contribution in [3.63, 3.8) is 0 Å². The van der Waals surface area contributed by atoms with Crippen LogP contribution >= 0.6 is 0 Å². The first-order chi connectivity index (χ1) is 10.7. The van der Waals surface area contributed by atoms with Crippen LogP contribution in [0.25, 0.3) is 0 Å². The van der Waals surface area contributed by atoms with Crippen molar-refractivity contribution < 1.29 is 14.3 Å². The molecule has 4 N–H and O–H groups in total. The fourth-order valence-electron chi connectivity index (χ4n) is 3.23. The van der Waals surface area contributed by atoms with Crippen LogP contribution in [0.5, 0.6) is 0 Å². The van der Waals surface area contributed by atoms with Crippen LogP contribution in [0.1, 0.15) is 32.8 Å². The third kappa shape index (κ3) is 3.09. The minimum Gasteiger partial charge on any atom is -0.459 e. The van der Waals surface area contributed by atoms with Gasteiger partial charge in [0.05, 0.1) is 0 Å². The van der Waals surface area contributed by atoms with Crippen molar-refractivity contribution >= 4 is 11.9 Å². The third-order valence-electron chi connectivity index (χ3n) is 4.34. The zero-order valence-corrected chi connectivity index (χ0v) is 13.9. The number of likely N-dealkylation sites (tertiary alicyclic amines) is 1. The largest absolute Gasteiger partial charge is 0.459 e. The molecule has 1 amide bonds. The van der Waals surface area contributed by atoms with Gasteiger partial charge in [0, 0.05) is 18.1 Å². The fraction of sp³-hybridized carbons (Fsp3) is 0.529. The summed E-state index contributed by atoms with van der Waals surface area (Å²) in [6.07, 6.45) is 0.515. The minimum atomic E-state index is -1.62. The molecule has 0 bridgehead atoms. The molecule has 126 valence electrons. The van der Waals surface area contributed by atoms with Crippen molar-refractivity contribution in [2.24, 2.45) is 11.5 Å². The molecule has 6 heteroatoms. The molecule has 1 aliphatic heterocycles. The Morgan fingerprint density at radius 3 is 2.43 bits per heavy atom. The van der Waals surface area contributed by atoms with E-state index in [1.165, 1.54) is 0 Å². The van der Waals surface area contributed by atoms with Gasteiger partial charge in [-0.1, -0.05) is 30.3 Å². The first-order valence-electron chi connectivity index (χ1n) is 7.75. The molecular weight excluding hydrogens is 294 g/mol. The van der Waals surface area contributed by atoms with Crippen molar-refractivity contribution in [1.29, 1.82) is 0 Å². The van der Waals surface area contributed by atoms with Gasteiger partial charge in [0.1, 0.15) is 6.61 Å². The van der Waals surface area contributed by atoms with E-state index >= 15 is 0 Å². The highest BCUT2D eigenvalue weighted by Crippen LogP contribution is 2.36. The molecule has 0 spiro atoms. The predicted molar refractivity (Wildman–Crippen MR) is 87.2 cm³/mol. The second-order valence-corrected chi connectivity index (χ2v) is 6.91. The van der Waals surface area contributed by atoms with E-state index in [-0.39, 0.29) is 6.61 Å². The monoisotopic (exact) mass is 319 g/mol. The number of esters is 1. The summed E-state index contributed by atoms with van der Waals surface area (Å²) in [5.74, 6) is -1.43. The van der Waals surface area contributed by atoms with Crippen molar-refractivity contribution in [2.75, 3.05) is 6.54 Å². The van der Waals surface area contributed by atoms with Gasteiger partial charge >= 0.3 is 5.97 Å². The lowest BCUT2D eigenvalue weighted by Gasteiger charge is -2.43. The maximum absolute atomic E-state index is 12.8. The van der Waals surface area contributed by atoms with E-state index in [1.807, 2.05) is 51.1 Å². The van der Waals surface area contributed by atoms with E-state index < -0.39 is 29.0 Å². The number of primary amides is 1. The zero-order chi connectivity index (χ0) is 17.3. The summed E-state index contributed by atoms with van der Waals surface area (Å²) in [5.41, 5.74) is 10.5. The van der Waals surface area contributed by atoms with Crippen molar-refractivity contribution in [3.05, 3.63) is 35.9 Å². The highest BCUT2D eigenvalue weighted by atomic mass is 16.5. The first kappa shape index (κ1) is 17.4. The molecule has 0 radical (unpaired) electrons. The third-order valence-corrected chi connectivity index (χ3v) is 4.34. The van der Waals surface area contributed by atoms with E-state index in [2.05, 4.69) is 0 Å². The van der Waals surface area contributed by atoms with E-state index in [9.17, 15) is 9.59 Å². The molecule has 1 unspecified atom stereocenters. The van der Waals surface area contributed by atoms with Crippen LogP contribution in [0.4, 0.5) is 0 Å². The molecule has 1 aromatic rings.